The van der Waals surface area contributed by atoms with E-state index in [2.05, 4.69) is 10.1 Å². The number of carbonyl (C=O) groups excluding carboxylic acids is 2. The maximum absolute atomic E-state index is 11.4. The molecule has 0 saturated heterocycles. The zero-order valence-electron chi connectivity index (χ0n) is 9.88. The number of anilines is 1. The van der Waals surface area contributed by atoms with Gasteiger partial charge in [0, 0.05) is 12.6 Å². The Morgan fingerprint density at radius 3 is 2.31 bits per heavy atom. The second kappa shape index (κ2) is 4.79. The molecule has 86 valence electrons. The number of esters is 1. The highest BCUT2D eigenvalue weighted by molar-refractivity contribution is 5.95. The summed E-state index contributed by atoms with van der Waals surface area (Å²) in [6.45, 7) is 5.13. The van der Waals surface area contributed by atoms with E-state index in [0.29, 0.717) is 11.3 Å². The van der Waals surface area contributed by atoms with Gasteiger partial charge in [-0.05, 0) is 31.0 Å². The average molecular weight is 221 g/mol. The molecule has 0 aliphatic rings. The normalized spacial score (nSPS) is 9.75. The first kappa shape index (κ1) is 12.2. The Balaban J connectivity index is 3.21. The topological polar surface area (TPSA) is 55.4 Å². The van der Waals surface area contributed by atoms with Crippen LogP contribution in [0.15, 0.2) is 12.1 Å². The van der Waals surface area contributed by atoms with Gasteiger partial charge < -0.3 is 10.1 Å². The smallest absolute Gasteiger partial charge is 0.338 e. The third-order valence-electron chi connectivity index (χ3n) is 2.29. The molecule has 1 aromatic rings. The zero-order chi connectivity index (χ0) is 12.3. The summed E-state index contributed by atoms with van der Waals surface area (Å²) < 4.78 is 4.67. The number of hydrogen-bond acceptors (Lipinski definition) is 3. The second-order valence-electron chi connectivity index (χ2n) is 3.65. The van der Waals surface area contributed by atoms with Crippen LogP contribution in [0.3, 0.4) is 0 Å². The summed E-state index contributed by atoms with van der Waals surface area (Å²) in [7, 11) is 1.33. The van der Waals surface area contributed by atoms with Crippen LogP contribution in [0.4, 0.5) is 5.69 Å². The Morgan fingerprint density at radius 1 is 1.19 bits per heavy atom. The molecule has 0 aliphatic heterocycles. The standard InChI is InChI=1S/C12H15NO3/c1-7-5-8(2)11(13-9(3)14)6-10(7)12(15)16-4/h5-6H,1-4H3,(H,13,14). The lowest BCUT2D eigenvalue weighted by molar-refractivity contribution is -0.114. The van der Waals surface area contributed by atoms with Crippen LogP contribution >= 0.6 is 0 Å². The zero-order valence-corrected chi connectivity index (χ0v) is 9.88. The van der Waals surface area contributed by atoms with Gasteiger partial charge in [-0.1, -0.05) is 6.07 Å². The molecule has 0 saturated carbocycles. The molecule has 0 heterocycles. The fraction of sp³-hybridized carbons (Fsp3) is 0.333. The lowest BCUT2D eigenvalue weighted by Crippen LogP contribution is -2.10. The average Bonchev–Trinajstić information content (AvgIpc) is 2.20. The van der Waals surface area contributed by atoms with Gasteiger partial charge in [0.05, 0.1) is 12.7 Å². The van der Waals surface area contributed by atoms with Gasteiger partial charge in [-0.3, -0.25) is 4.79 Å². The molecule has 1 N–H and O–H groups in total. The fourth-order valence-electron chi connectivity index (χ4n) is 1.51. The number of nitrogens with one attached hydrogen (secondary N) is 1. The summed E-state index contributed by atoms with van der Waals surface area (Å²) in [5, 5.41) is 2.67. The third kappa shape index (κ3) is 2.59. The first-order chi connectivity index (χ1) is 7.45. The van der Waals surface area contributed by atoms with E-state index in [4.69, 9.17) is 0 Å². The van der Waals surface area contributed by atoms with Crippen molar-refractivity contribution in [1.29, 1.82) is 0 Å². The maximum Gasteiger partial charge on any atom is 0.338 e. The first-order valence-corrected chi connectivity index (χ1v) is 4.93. The highest BCUT2D eigenvalue weighted by Crippen LogP contribution is 2.21. The number of rotatable bonds is 2. The largest absolute Gasteiger partial charge is 0.465 e. The molecular weight excluding hydrogens is 206 g/mol. The van der Waals surface area contributed by atoms with Crippen LogP contribution in [-0.4, -0.2) is 19.0 Å². The van der Waals surface area contributed by atoms with E-state index in [0.717, 1.165) is 11.1 Å². The van der Waals surface area contributed by atoms with Gasteiger partial charge in [-0.2, -0.15) is 0 Å². The molecule has 0 fully saturated rings. The number of carbonyl (C=O) groups is 2. The minimum absolute atomic E-state index is 0.164. The van der Waals surface area contributed by atoms with Crippen LogP contribution in [-0.2, 0) is 9.53 Å². The second-order valence-corrected chi connectivity index (χ2v) is 3.65. The van der Waals surface area contributed by atoms with Gasteiger partial charge in [-0.25, -0.2) is 4.79 Å². The van der Waals surface area contributed by atoms with E-state index in [-0.39, 0.29) is 5.91 Å². The van der Waals surface area contributed by atoms with Gasteiger partial charge >= 0.3 is 5.97 Å². The number of hydrogen-bond donors (Lipinski definition) is 1. The van der Waals surface area contributed by atoms with Crippen molar-refractivity contribution in [2.75, 3.05) is 12.4 Å². The Morgan fingerprint density at radius 2 is 1.81 bits per heavy atom. The van der Waals surface area contributed by atoms with E-state index >= 15 is 0 Å². The molecule has 4 nitrogen and oxygen atoms in total. The van der Waals surface area contributed by atoms with Crippen molar-refractivity contribution in [2.45, 2.75) is 20.8 Å². The van der Waals surface area contributed by atoms with Crippen LogP contribution < -0.4 is 5.32 Å². The Hall–Kier alpha value is -1.84. The van der Waals surface area contributed by atoms with E-state index in [1.807, 2.05) is 19.9 Å². The van der Waals surface area contributed by atoms with Crippen LogP contribution in [0.2, 0.25) is 0 Å². The van der Waals surface area contributed by atoms with Crippen LogP contribution in [0.1, 0.15) is 28.4 Å². The summed E-state index contributed by atoms with van der Waals surface area (Å²) in [6.07, 6.45) is 0. The predicted molar refractivity (Wildman–Crippen MR) is 61.6 cm³/mol. The minimum atomic E-state index is -0.399. The summed E-state index contributed by atoms with van der Waals surface area (Å²) in [6, 6.07) is 3.48. The lowest BCUT2D eigenvalue weighted by Gasteiger charge is -2.11. The van der Waals surface area contributed by atoms with Gasteiger partial charge in [0.25, 0.3) is 0 Å². The van der Waals surface area contributed by atoms with Crippen LogP contribution in [0, 0.1) is 13.8 Å². The maximum atomic E-state index is 11.4. The number of methoxy groups -OCH3 is 1. The van der Waals surface area contributed by atoms with Crippen molar-refractivity contribution >= 4 is 17.6 Å². The van der Waals surface area contributed by atoms with E-state index < -0.39 is 5.97 Å². The summed E-state index contributed by atoms with van der Waals surface area (Å²) in [5.41, 5.74) is 2.86. The lowest BCUT2D eigenvalue weighted by atomic mass is 10.0. The van der Waals surface area contributed by atoms with Crippen molar-refractivity contribution in [3.05, 3.63) is 28.8 Å². The first-order valence-electron chi connectivity index (χ1n) is 4.93. The SMILES string of the molecule is COC(=O)c1cc(NC(C)=O)c(C)cc1C. The molecule has 16 heavy (non-hydrogen) atoms. The van der Waals surface area contributed by atoms with Crippen LogP contribution in [0.5, 0.6) is 0 Å². The highest BCUT2D eigenvalue weighted by atomic mass is 16.5. The Kier molecular flexibility index (Phi) is 3.66. The quantitative estimate of drug-likeness (QED) is 0.777. The van der Waals surface area contributed by atoms with E-state index in [1.165, 1.54) is 14.0 Å². The molecular formula is C12H15NO3. The molecule has 1 aromatic carbocycles. The van der Waals surface area contributed by atoms with Crippen molar-refractivity contribution in [2.24, 2.45) is 0 Å². The van der Waals surface area contributed by atoms with Gasteiger partial charge in [-0.15, -0.1) is 0 Å². The number of amides is 1. The van der Waals surface area contributed by atoms with Crippen molar-refractivity contribution in [1.82, 2.24) is 0 Å². The molecule has 0 radical (unpaired) electrons. The molecule has 0 atom stereocenters. The third-order valence-corrected chi connectivity index (χ3v) is 2.29. The molecule has 0 bridgehead atoms. The summed E-state index contributed by atoms with van der Waals surface area (Å²) in [4.78, 5) is 22.4. The Bertz CT molecular complexity index is 438. The molecule has 0 aromatic heterocycles. The monoisotopic (exact) mass is 221 g/mol. The predicted octanol–water partition coefficient (Wildman–Crippen LogP) is 2.05. The van der Waals surface area contributed by atoms with Gasteiger partial charge in [0.15, 0.2) is 0 Å². The molecule has 0 aliphatic carbocycles. The van der Waals surface area contributed by atoms with Crippen molar-refractivity contribution in [3.63, 3.8) is 0 Å². The Labute approximate surface area is 94.6 Å². The number of aryl methyl sites for hydroxylation is 2. The fourth-order valence-corrected chi connectivity index (χ4v) is 1.51. The molecule has 1 rings (SSSR count). The molecule has 4 heteroatoms. The number of benzene rings is 1. The number of ether oxygens (including phenoxy) is 1. The molecule has 0 unspecified atom stereocenters. The van der Waals surface area contributed by atoms with E-state index in [9.17, 15) is 9.59 Å². The van der Waals surface area contributed by atoms with Gasteiger partial charge in [0.1, 0.15) is 0 Å². The van der Waals surface area contributed by atoms with Crippen LogP contribution in [0.25, 0.3) is 0 Å². The minimum Gasteiger partial charge on any atom is -0.465 e. The van der Waals surface area contributed by atoms with Crippen molar-refractivity contribution in [3.8, 4) is 0 Å². The summed E-state index contributed by atoms with van der Waals surface area (Å²) >= 11 is 0. The van der Waals surface area contributed by atoms with Gasteiger partial charge in [0.2, 0.25) is 5.91 Å². The van der Waals surface area contributed by atoms with Crippen molar-refractivity contribution < 1.29 is 14.3 Å². The molecule has 1 amide bonds. The molecule has 0 spiro atoms. The highest BCUT2D eigenvalue weighted by Gasteiger charge is 2.12. The summed E-state index contributed by atoms with van der Waals surface area (Å²) in [5.74, 6) is -0.563. The van der Waals surface area contributed by atoms with E-state index in [1.54, 1.807) is 6.07 Å².